The Labute approximate surface area is 214 Å². The zero-order valence-corrected chi connectivity index (χ0v) is 20.6. The number of hydrogen-bond donors (Lipinski definition) is 5. The second kappa shape index (κ2) is 12.0. The number of benzene rings is 2. The second-order valence-corrected chi connectivity index (χ2v) is 9.16. The SMILES string of the molecule is CC(C)[C@H]1C(=O)Nc2ccccc2N1C(=O)N[C@H](Cc1ccccc1)C(=O)N[C@@H](CCC(N)=O)C(=O)O. The van der Waals surface area contributed by atoms with Crippen molar-refractivity contribution in [3.8, 4) is 0 Å². The molecule has 0 unspecified atom stereocenters. The van der Waals surface area contributed by atoms with Crippen molar-refractivity contribution in [2.24, 2.45) is 11.7 Å². The van der Waals surface area contributed by atoms with Crippen LogP contribution in [-0.4, -0.2) is 53.0 Å². The van der Waals surface area contributed by atoms with Gasteiger partial charge in [0.25, 0.3) is 0 Å². The van der Waals surface area contributed by atoms with Gasteiger partial charge in [0.2, 0.25) is 17.7 Å². The number of carbonyl (C=O) groups is 5. The maximum atomic E-state index is 13.6. The van der Waals surface area contributed by atoms with Crippen LogP contribution >= 0.6 is 0 Å². The topological polar surface area (TPSA) is 171 Å². The van der Waals surface area contributed by atoms with Gasteiger partial charge in [-0.2, -0.15) is 0 Å². The zero-order valence-electron chi connectivity index (χ0n) is 20.6. The number of anilines is 2. The predicted octanol–water partition coefficient (Wildman–Crippen LogP) is 1.63. The van der Waals surface area contributed by atoms with Crippen molar-refractivity contribution >= 4 is 41.1 Å². The number of para-hydroxylation sites is 2. The molecule has 0 spiro atoms. The van der Waals surface area contributed by atoms with Crippen molar-refractivity contribution in [2.45, 2.75) is 51.2 Å². The Hall–Kier alpha value is -4.41. The molecule has 5 amide bonds. The van der Waals surface area contributed by atoms with Crippen molar-refractivity contribution in [3.63, 3.8) is 0 Å². The molecule has 11 heteroatoms. The van der Waals surface area contributed by atoms with Gasteiger partial charge in [0.05, 0.1) is 11.4 Å². The number of nitrogens with one attached hydrogen (secondary N) is 3. The quantitative estimate of drug-likeness (QED) is 0.326. The van der Waals surface area contributed by atoms with Gasteiger partial charge in [-0.3, -0.25) is 19.3 Å². The van der Waals surface area contributed by atoms with Gasteiger partial charge in [0.15, 0.2) is 0 Å². The van der Waals surface area contributed by atoms with Crippen LogP contribution in [0, 0.1) is 5.92 Å². The molecular weight excluding hydrogens is 478 g/mol. The van der Waals surface area contributed by atoms with Crippen LogP contribution in [0.2, 0.25) is 0 Å². The number of carboxylic acid groups (broad SMARTS) is 1. The largest absolute Gasteiger partial charge is 0.480 e. The lowest BCUT2D eigenvalue weighted by molar-refractivity contribution is -0.142. The highest BCUT2D eigenvalue weighted by molar-refractivity contribution is 6.12. The van der Waals surface area contributed by atoms with Gasteiger partial charge in [0.1, 0.15) is 18.1 Å². The van der Waals surface area contributed by atoms with E-state index in [0.29, 0.717) is 11.4 Å². The minimum Gasteiger partial charge on any atom is -0.480 e. The van der Waals surface area contributed by atoms with Crippen molar-refractivity contribution in [1.82, 2.24) is 10.6 Å². The summed E-state index contributed by atoms with van der Waals surface area (Å²) in [5.41, 5.74) is 6.79. The van der Waals surface area contributed by atoms with Gasteiger partial charge in [-0.05, 0) is 30.0 Å². The number of amides is 5. The maximum Gasteiger partial charge on any atom is 0.326 e. The number of aliphatic carboxylic acids is 1. The van der Waals surface area contributed by atoms with E-state index in [1.807, 2.05) is 13.8 Å². The van der Waals surface area contributed by atoms with Crippen molar-refractivity contribution < 1.29 is 29.1 Å². The summed E-state index contributed by atoms with van der Waals surface area (Å²) in [6.07, 6.45) is -0.366. The summed E-state index contributed by atoms with van der Waals surface area (Å²) in [5, 5.41) is 17.4. The Morgan fingerprint density at radius 3 is 2.27 bits per heavy atom. The van der Waals surface area contributed by atoms with Crippen LogP contribution in [0.5, 0.6) is 0 Å². The monoisotopic (exact) mass is 509 g/mol. The number of carbonyl (C=O) groups excluding carboxylic acids is 4. The molecule has 3 rings (SSSR count). The fourth-order valence-electron chi connectivity index (χ4n) is 4.19. The Balaban J connectivity index is 1.90. The van der Waals surface area contributed by atoms with Gasteiger partial charge in [-0.1, -0.05) is 56.3 Å². The lowest BCUT2D eigenvalue weighted by Crippen LogP contribution is -2.60. The highest BCUT2D eigenvalue weighted by atomic mass is 16.4. The third-order valence-electron chi connectivity index (χ3n) is 6.01. The number of primary amides is 1. The summed E-state index contributed by atoms with van der Waals surface area (Å²) in [7, 11) is 0. The Bertz CT molecular complexity index is 1170. The molecule has 2 aromatic carbocycles. The number of nitrogens with two attached hydrogens (primary N) is 1. The van der Waals surface area contributed by atoms with E-state index >= 15 is 0 Å². The third kappa shape index (κ3) is 6.84. The molecule has 1 heterocycles. The van der Waals surface area contributed by atoms with Crippen LogP contribution in [-0.2, 0) is 25.6 Å². The third-order valence-corrected chi connectivity index (χ3v) is 6.01. The van der Waals surface area contributed by atoms with E-state index in [-0.39, 0.29) is 31.1 Å². The molecule has 3 atom stereocenters. The molecule has 0 aliphatic carbocycles. The maximum absolute atomic E-state index is 13.6. The summed E-state index contributed by atoms with van der Waals surface area (Å²) in [6.45, 7) is 3.62. The zero-order chi connectivity index (χ0) is 27.1. The number of carboxylic acids is 1. The molecule has 0 bridgehead atoms. The molecule has 1 aliphatic heterocycles. The first-order chi connectivity index (χ1) is 17.6. The highest BCUT2D eigenvalue weighted by Crippen LogP contribution is 2.34. The van der Waals surface area contributed by atoms with Crippen LogP contribution < -0.4 is 26.6 Å². The average molecular weight is 510 g/mol. The first-order valence-corrected chi connectivity index (χ1v) is 11.9. The Kier molecular flexibility index (Phi) is 8.83. The first kappa shape index (κ1) is 27.2. The van der Waals surface area contributed by atoms with E-state index in [1.54, 1.807) is 54.6 Å². The van der Waals surface area contributed by atoms with Crippen LogP contribution in [0.25, 0.3) is 0 Å². The van der Waals surface area contributed by atoms with E-state index in [4.69, 9.17) is 5.73 Å². The summed E-state index contributed by atoms with van der Waals surface area (Å²) < 4.78 is 0. The average Bonchev–Trinajstić information content (AvgIpc) is 2.85. The molecule has 196 valence electrons. The van der Waals surface area contributed by atoms with Crippen LogP contribution in [0.1, 0.15) is 32.3 Å². The number of fused-ring (bicyclic) bond motifs is 1. The van der Waals surface area contributed by atoms with Crippen molar-refractivity contribution in [2.75, 3.05) is 10.2 Å². The minimum absolute atomic E-state index is 0.0641. The fraction of sp³-hybridized carbons (Fsp3) is 0.346. The van der Waals surface area contributed by atoms with Crippen molar-refractivity contribution in [3.05, 3.63) is 60.2 Å². The van der Waals surface area contributed by atoms with Gasteiger partial charge in [-0.15, -0.1) is 0 Å². The number of nitrogens with zero attached hydrogens (tertiary/aromatic N) is 1. The summed E-state index contributed by atoms with van der Waals surface area (Å²) >= 11 is 0. The smallest absolute Gasteiger partial charge is 0.326 e. The number of hydrogen-bond acceptors (Lipinski definition) is 5. The molecule has 6 N–H and O–H groups in total. The fourth-order valence-corrected chi connectivity index (χ4v) is 4.19. The minimum atomic E-state index is -1.37. The van der Waals surface area contributed by atoms with E-state index < -0.39 is 41.9 Å². The molecule has 0 fully saturated rings. The van der Waals surface area contributed by atoms with Crippen molar-refractivity contribution in [1.29, 1.82) is 0 Å². The lowest BCUT2D eigenvalue weighted by atomic mass is 9.97. The molecule has 37 heavy (non-hydrogen) atoms. The van der Waals surface area contributed by atoms with Gasteiger partial charge >= 0.3 is 12.0 Å². The van der Waals surface area contributed by atoms with E-state index in [2.05, 4.69) is 16.0 Å². The summed E-state index contributed by atoms with van der Waals surface area (Å²) in [4.78, 5) is 63.9. The van der Waals surface area contributed by atoms with Crippen LogP contribution in [0.4, 0.5) is 16.2 Å². The molecular formula is C26H31N5O6. The standard InChI is InChI=1S/C26H31N5O6/c1-15(2)22-24(34)28-17-10-6-7-11-20(17)31(22)26(37)30-19(14-16-8-4-3-5-9-16)23(33)29-18(25(35)36)12-13-21(27)32/h3-11,15,18-19,22H,12-14H2,1-2H3,(H2,27,32)(H,28,34)(H,29,33)(H,30,37)(H,35,36)/t18-,19+,22-/m0/s1. The highest BCUT2D eigenvalue weighted by Gasteiger charge is 2.40. The Morgan fingerprint density at radius 1 is 1.00 bits per heavy atom. The Morgan fingerprint density at radius 2 is 1.65 bits per heavy atom. The summed E-state index contributed by atoms with van der Waals surface area (Å²) in [6, 6.07) is 11.7. The van der Waals surface area contributed by atoms with E-state index in [9.17, 15) is 29.1 Å². The van der Waals surface area contributed by atoms with Gasteiger partial charge < -0.3 is 26.8 Å². The van der Waals surface area contributed by atoms with E-state index in [0.717, 1.165) is 5.56 Å². The molecule has 0 saturated heterocycles. The molecule has 0 radical (unpaired) electrons. The normalized spacial score (nSPS) is 16.2. The molecule has 2 aromatic rings. The first-order valence-electron chi connectivity index (χ1n) is 11.9. The molecule has 0 aromatic heterocycles. The number of urea groups is 1. The second-order valence-electron chi connectivity index (χ2n) is 9.16. The molecule has 1 aliphatic rings. The van der Waals surface area contributed by atoms with Crippen LogP contribution in [0.3, 0.4) is 0 Å². The number of rotatable bonds is 10. The van der Waals surface area contributed by atoms with Crippen LogP contribution in [0.15, 0.2) is 54.6 Å². The van der Waals surface area contributed by atoms with Gasteiger partial charge in [-0.25, -0.2) is 9.59 Å². The lowest BCUT2D eigenvalue weighted by Gasteiger charge is -2.39. The predicted molar refractivity (Wildman–Crippen MR) is 137 cm³/mol. The molecule has 0 saturated carbocycles. The van der Waals surface area contributed by atoms with Gasteiger partial charge in [0, 0.05) is 12.8 Å². The molecule has 11 nitrogen and oxygen atoms in total. The summed E-state index contributed by atoms with van der Waals surface area (Å²) in [5.74, 6) is -3.38. The van der Waals surface area contributed by atoms with E-state index in [1.165, 1.54) is 4.90 Å².